The molecule has 3 rings (SSSR count). The third-order valence-corrected chi connectivity index (χ3v) is 6.01. The highest BCUT2D eigenvalue weighted by atomic mass is 32.2. The van der Waals surface area contributed by atoms with Crippen molar-refractivity contribution in [3.63, 3.8) is 0 Å². The second-order valence-electron chi connectivity index (χ2n) is 6.44. The molecule has 1 fully saturated rings. The summed E-state index contributed by atoms with van der Waals surface area (Å²) in [6, 6.07) is 11.4. The minimum atomic E-state index is -3.83. The van der Waals surface area contributed by atoms with Gasteiger partial charge in [-0.05, 0) is 35.9 Å². The number of hydrogen-bond acceptors (Lipinski definition) is 6. The summed E-state index contributed by atoms with van der Waals surface area (Å²) in [5, 5.41) is 0. The number of hydrogen-bond donors (Lipinski definition) is 1. The molecule has 29 heavy (non-hydrogen) atoms. The van der Waals surface area contributed by atoms with Crippen LogP contribution < -0.4 is 14.2 Å². The van der Waals surface area contributed by atoms with Crippen molar-refractivity contribution in [3.05, 3.63) is 53.6 Å². The van der Waals surface area contributed by atoms with Crippen molar-refractivity contribution in [2.45, 2.75) is 11.4 Å². The van der Waals surface area contributed by atoms with E-state index in [4.69, 9.17) is 14.2 Å². The summed E-state index contributed by atoms with van der Waals surface area (Å²) in [5.41, 5.74) is 0.963. The Balaban J connectivity index is 1.82. The van der Waals surface area contributed by atoms with E-state index in [9.17, 15) is 13.2 Å². The molecule has 8 nitrogen and oxygen atoms in total. The van der Waals surface area contributed by atoms with Crippen LogP contribution in [0.5, 0.6) is 11.5 Å². The van der Waals surface area contributed by atoms with E-state index >= 15 is 0 Å². The van der Waals surface area contributed by atoms with Crippen molar-refractivity contribution in [2.24, 2.45) is 0 Å². The second-order valence-corrected chi connectivity index (χ2v) is 8.21. The lowest BCUT2D eigenvalue weighted by Gasteiger charge is -2.27. The number of methoxy groups -OCH3 is 2. The minimum absolute atomic E-state index is 0.00203. The van der Waals surface area contributed by atoms with Crippen molar-refractivity contribution < 1.29 is 27.4 Å². The summed E-state index contributed by atoms with van der Waals surface area (Å²) in [5.74, 6) is 0.688. The number of benzene rings is 2. The third kappa shape index (κ3) is 5.06. The molecule has 2 aromatic carbocycles. The van der Waals surface area contributed by atoms with Gasteiger partial charge in [0.25, 0.3) is 5.91 Å². The number of carbonyl (C=O) groups is 1. The van der Waals surface area contributed by atoms with E-state index in [1.807, 2.05) is 0 Å². The van der Waals surface area contributed by atoms with Crippen LogP contribution in [0.1, 0.15) is 15.9 Å². The number of morpholine rings is 1. The van der Waals surface area contributed by atoms with Gasteiger partial charge in [-0.2, -0.15) is 0 Å². The van der Waals surface area contributed by atoms with Crippen LogP contribution in [-0.4, -0.2) is 59.7 Å². The summed E-state index contributed by atoms with van der Waals surface area (Å²) in [6.45, 7) is 1.90. The predicted molar refractivity (Wildman–Crippen MR) is 107 cm³/mol. The van der Waals surface area contributed by atoms with E-state index in [0.717, 1.165) is 5.56 Å². The predicted octanol–water partition coefficient (Wildman–Crippen LogP) is 1.65. The lowest BCUT2D eigenvalue weighted by molar-refractivity contribution is 0.0300. The zero-order chi connectivity index (χ0) is 20.9. The van der Waals surface area contributed by atoms with E-state index in [2.05, 4.69) is 4.72 Å². The number of ether oxygens (including phenoxy) is 3. The van der Waals surface area contributed by atoms with Crippen LogP contribution in [-0.2, 0) is 21.3 Å². The van der Waals surface area contributed by atoms with Crippen LogP contribution in [0.3, 0.4) is 0 Å². The quantitative estimate of drug-likeness (QED) is 0.732. The molecule has 2 aromatic rings. The molecule has 156 valence electrons. The number of nitrogens with one attached hydrogen (secondary N) is 1. The van der Waals surface area contributed by atoms with Crippen molar-refractivity contribution >= 4 is 15.9 Å². The molecular weight excluding hydrogens is 396 g/mol. The van der Waals surface area contributed by atoms with Crippen LogP contribution in [0.4, 0.5) is 0 Å². The van der Waals surface area contributed by atoms with Gasteiger partial charge < -0.3 is 19.1 Å². The van der Waals surface area contributed by atoms with E-state index in [-0.39, 0.29) is 22.9 Å². The topological polar surface area (TPSA) is 94.2 Å². The number of rotatable bonds is 7. The van der Waals surface area contributed by atoms with E-state index in [0.29, 0.717) is 37.8 Å². The molecule has 9 heteroatoms. The molecule has 1 saturated heterocycles. The Kier molecular flexibility index (Phi) is 6.73. The fraction of sp³-hybridized carbons (Fsp3) is 0.350. The molecule has 1 heterocycles. The number of carbonyl (C=O) groups excluding carboxylic acids is 1. The van der Waals surface area contributed by atoms with Gasteiger partial charge in [-0.1, -0.05) is 12.1 Å². The molecule has 0 aromatic heterocycles. The molecule has 1 aliphatic rings. The molecule has 0 radical (unpaired) electrons. The smallest absolute Gasteiger partial charge is 0.257 e. The van der Waals surface area contributed by atoms with Crippen LogP contribution in [0.25, 0.3) is 0 Å². The van der Waals surface area contributed by atoms with E-state index in [1.165, 1.54) is 25.3 Å². The Labute approximate surface area is 170 Å². The van der Waals surface area contributed by atoms with Gasteiger partial charge >= 0.3 is 0 Å². The first-order chi connectivity index (χ1) is 13.9. The van der Waals surface area contributed by atoms with Gasteiger partial charge in [0.15, 0.2) is 0 Å². The summed E-state index contributed by atoms with van der Waals surface area (Å²) >= 11 is 0. The van der Waals surface area contributed by atoms with Crippen LogP contribution in [0.2, 0.25) is 0 Å². The molecule has 0 atom stereocenters. The fourth-order valence-electron chi connectivity index (χ4n) is 3.00. The molecule has 1 amide bonds. The first-order valence-corrected chi connectivity index (χ1v) is 10.6. The standard InChI is InChI=1S/C20H24N2O6S/c1-26-16-5-3-4-15(12-16)14-21-29(24,25)17-6-7-19(27-2)18(13-17)20(23)22-8-10-28-11-9-22/h3-7,12-13,21H,8-11,14H2,1-2H3. The second kappa shape index (κ2) is 9.25. The van der Waals surface area contributed by atoms with Crippen LogP contribution in [0, 0.1) is 0 Å². The SMILES string of the molecule is COc1cccc(CNS(=O)(=O)c2ccc(OC)c(C(=O)N3CCOCC3)c2)c1. The monoisotopic (exact) mass is 420 g/mol. The highest BCUT2D eigenvalue weighted by Gasteiger charge is 2.24. The molecule has 0 aliphatic carbocycles. The summed E-state index contributed by atoms with van der Waals surface area (Å²) < 4.78 is 43.8. The highest BCUT2D eigenvalue weighted by molar-refractivity contribution is 7.89. The molecular formula is C20H24N2O6S. The molecule has 0 bridgehead atoms. The van der Waals surface area contributed by atoms with Crippen LogP contribution in [0.15, 0.2) is 47.4 Å². The van der Waals surface area contributed by atoms with E-state index in [1.54, 1.807) is 36.3 Å². The van der Waals surface area contributed by atoms with Crippen molar-refractivity contribution in [3.8, 4) is 11.5 Å². The maximum Gasteiger partial charge on any atom is 0.257 e. The highest BCUT2D eigenvalue weighted by Crippen LogP contribution is 2.24. The Morgan fingerprint density at radius 3 is 2.55 bits per heavy atom. The Morgan fingerprint density at radius 1 is 1.10 bits per heavy atom. The Bertz CT molecular complexity index is 971. The molecule has 1 N–H and O–H groups in total. The average Bonchev–Trinajstić information content (AvgIpc) is 2.77. The largest absolute Gasteiger partial charge is 0.497 e. The lowest BCUT2D eigenvalue weighted by Crippen LogP contribution is -2.40. The van der Waals surface area contributed by atoms with Gasteiger partial charge in [-0.25, -0.2) is 13.1 Å². The zero-order valence-electron chi connectivity index (χ0n) is 16.4. The molecule has 0 unspecified atom stereocenters. The number of amides is 1. The number of sulfonamides is 1. The molecule has 0 saturated carbocycles. The lowest BCUT2D eigenvalue weighted by atomic mass is 10.1. The van der Waals surface area contributed by atoms with Gasteiger partial charge in [0.05, 0.1) is 37.9 Å². The van der Waals surface area contributed by atoms with E-state index < -0.39 is 10.0 Å². The average molecular weight is 420 g/mol. The zero-order valence-corrected chi connectivity index (χ0v) is 17.2. The van der Waals surface area contributed by atoms with Gasteiger partial charge in [-0.3, -0.25) is 4.79 Å². The van der Waals surface area contributed by atoms with Crippen molar-refractivity contribution in [1.29, 1.82) is 0 Å². The summed E-state index contributed by atoms with van der Waals surface area (Å²) in [4.78, 5) is 14.5. The fourth-order valence-corrected chi connectivity index (χ4v) is 4.05. The summed E-state index contributed by atoms with van der Waals surface area (Å²) in [6.07, 6.45) is 0. The first-order valence-electron chi connectivity index (χ1n) is 9.12. The van der Waals surface area contributed by atoms with Crippen LogP contribution >= 0.6 is 0 Å². The minimum Gasteiger partial charge on any atom is -0.497 e. The first kappa shape index (κ1) is 21.1. The maximum atomic E-state index is 12.9. The van der Waals surface area contributed by atoms with Gasteiger partial charge in [0, 0.05) is 19.6 Å². The third-order valence-electron chi connectivity index (χ3n) is 4.61. The van der Waals surface area contributed by atoms with Crippen molar-refractivity contribution in [1.82, 2.24) is 9.62 Å². The Morgan fingerprint density at radius 2 is 1.86 bits per heavy atom. The van der Waals surface area contributed by atoms with Gasteiger partial charge in [0.2, 0.25) is 10.0 Å². The number of nitrogens with zero attached hydrogens (tertiary/aromatic N) is 1. The maximum absolute atomic E-state index is 12.9. The Hall–Kier alpha value is -2.62. The van der Waals surface area contributed by atoms with Gasteiger partial charge in [0.1, 0.15) is 11.5 Å². The summed E-state index contributed by atoms with van der Waals surface area (Å²) in [7, 11) is -0.837. The van der Waals surface area contributed by atoms with Crippen molar-refractivity contribution in [2.75, 3.05) is 40.5 Å². The normalized spacial score (nSPS) is 14.5. The molecule has 0 spiro atoms. The van der Waals surface area contributed by atoms with Gasteiger partial charge in [-0.15, -0.1) is 0 Å². The molecule has 1 aliphatic heterocycles.